The van der Waals surface area contributed by atoms with Gasteiger partial charge in [-0.1, -0.05) is 6.42 Å². The number of sulfonamides is 1. The molecule has 1 aliphatic heterocycles. The highest BCUT2D eigenvalue weighted by atomic mass is 32.2. The van der Waals surface area contributed by atoms with Crippen molar-refractivity contribution >= 4 is 21.6 Å². The molecule has 0 aliphatic carbocycles. The number of nitrogens with zero attached hydrogens (tertiary/aromatic N) is 2. The zero-order valence-electron chi connectivity index (χ0n) is 17.2. The summed E-state index contributed by atoms with van der Waals surface area (Å²) in [4.78, 5) is 14.7. The molecule has 1 N–H and O–H groups in total. The zero-order chi connectivity index (χ0) is 20.6. The molecule has 0 radical (unpaired) electrons. The number of nitrogens with one attached hydrogen (secondary N) is 1. The van der Waals surface area contributed by atoms with Crippen LogP contribution in [-0.2, 0) is 14.8 Å². The van der Waals surface area contributed by atoms with E-state index in [1.165, 1.54) is 19.3 Å². The molecule has 0 aromatic heterocycles. The Hall–Kier alpha value is -1.80. The zero-order valence-corrected chi connectivity index (χ0v) is 18.0. The number of ether oxygens (including phenoxy) is 1. The summed E-state index contributed by atoms with van der Waals surface area (Å²) in [5.74, 6) is 0.362. The van der Waals surface area contributed by atoms with Gasteiger partial charge in [-0.3, -0.25) is 9.10 Å². The van der Waals surface area contributed by atoms with Gasteiger partial charge in [-0.2, -0.15) is 0 Å². The molecule has 1 fully saturated rings. The van der Waals surface area contributed by atoms with Gasteiger partial charge >= 0.3 is 0 Å². The van der Waals surface area contributed by atoms with Crippen molar-refractivity contribution < 1.29 is 17.9 Å². The summed E-state index contributed by atoms with van der Waals surface area (Å²) in [7, 11) is -3.57. The fourth-order valence-corrected chi connectivity index (χ4v) is 4.12. The van der Waals surface area contributed by atoms with E-state index in [0.717, 1.165) is 36.6 Å². The molecule has 0 spiro atoms. The lowest BCUT2D eigenvalue weighted by Gasteiger charge is -2.26. The van der Waals surface area contributed by atoms with E-state index in [0.29, 0.717) is 18.0 Å². The van der Waals surface area contributed by atoms with Crippen LogP contribution >= 0.6 is 0 Å². The van der Waals surface area contributed by atoms with Crippen LogP contribution < -0.4 is 14.4 Å². The number of amides is 1. The van der Waals surface area contributed by atoms with E-state index < -0.39 is 10.0 Å². The number of hydrogen-bond donors (Lipinski definition) is 1. The van der Waals surface area contributed by atoms with Crippen LogP contribution in [0.25, 0.3) is 0 Å². The molecule has 1 saturated heterocycles. The molecule has 0 bridgehead atoms. The largest absolute Gasteiger partial charge is 0.491 e. The van der Waals surface area contributed by atoms with Crippen molar-refractivity contribution in [3.8, 4) is 5.75 Å². The number of benzene rings is 1. The quantitative estimate of drug-likeness (QED) is 0.598. The third-order valence-corrected chi connectivity index (χ3v) is 5.75. The lowest BCUT2D eigenvalue weighted by molar-refractivity contribution is -0.119. The van der Waals surface area contributed by atoms with Crippen LogP contribution in [-0.4, -0.2) is 64.3 Å². The molecular weight excluding hydrogens is 378 g/mol. The van der Waals surface area contributed by atoms with Crippen molar-refractivity contribution in [3.63, 3.8) is 0 Å². The van der Waals surface area contributed by atoms with E-state index >= 15 is 0 Å². The van der Waals surface area contributed by atoms with Crippen LogP contribution in [0.3, 0.4) is 0 Å². The molecule has 1 aliphatic rings. The molecule has 1 aromatic rings. The second-order valence-corrected chi connectivity index (χ2v) is 9.44. The molecule has 8 heteroatoms. The molecule has 0 saturated carbocycles. The molecule has 1 heterocycles. The first-order valence-corrected chi connectivity index (χ1v) is 11.8. The van der Waals surface area contributed by atoms with Crippen LogP contribution in [0.2, 0.25) is 0 Å². The van der Waals surface area contributed by atoms with Crippen molar-refractivity contribution in [2.45, 2.75) is 45.6 Å². The van der Waals surface area contributed by atoms with E-state index in [1.807, 2.05) is 13.8 Å². The maximum absolute atomic E-state index is 12.3. The summed E-state index contributed by atoms with van der Waals surface area (Å²) in [5, 5.41) is 2.84. The molecule has 28 heavy (non-hydrogen) atoms. The minimum absolute atomic E-state index is 0.0348. The summed E-state index contributed by atoms with van der Waals surface area (Å²) < 4.78 is 31.0. The molecule has 7 nitrogen and oxygen atoms in total. The van der Waals surface area contributed by atoms with Crippen LogP contribution in [0.15, 0.2) is 24.3 Å². The molecule has 2 rings (SSSR count). The summed E-state index contributed by atoms with van der Waals surface area (Å²) >= 11 is 0. The van der Waals surface area contributed by atoms with Crippen LogP contribution in [0, 0.1) is 0 Å². The van der Waals surface area contributed by atoms with Crippen molar-refractivity contribution in [2.75, 3.05) is 43.3 Å². The van der Waals surface area contributed by atoms with E-state index in [4.69, 9.17) is 4.74 Å². The van der Waals surface area contributed by atoms with E-state index in [-0.39, 0.29) is 18.6 Å². The first kappa shape index (κ1) is 22.5. The third kappa shape index (κ3) is 7.67. The molecule has 1 aromatic carbocycles. The highest BCUT2D eigenvalue weighted by molar-refractivity contribution is 7.92. The van der Waals surface area contributed by atoms with Gasteiger partial charge in [-0.15, -0.1) is 0 Å². The average molecular weight is 412 g/mol. The average Bonchev–Trinajstić information content (AvgIpc) is 2.64. The van der Waals surface area contributed by atoms with Crippen molar-refractivity contribution in [3.05, 3.63) is 24.3 Å². The van der Waals surface area contributed by atoms with Gasteiger partial charge in [-0.25, -0.2) is 8.42 Å². The SMILES string of the molecule is CC(C)Oc1ccc(N(CC(=O)NCCCN2CCCCC2)S(C)(=O)=O)cc1. The minimum Gasteiger partial charge on any atom is -0.491 e. The summed E-state index contributed by atoms with van der Waals surface area (Å²) in [6.45, 7) is 7.39. The van der Waals surface area contributed by atoms with E-state index in [1.54, 1.807) is 24.3 Å². The Balaban J connectivity index is 1.86. The Morgan fingerprint density at radius 3 is 2.39 bits per heavy atom. The number of carbonyl (C=O) groups is 1. The number of anilines is 1. The molecule has 158 valence electrons. The minimum atomic E-state index is -3.57. The van der Waals surface area contributed by atoms with Crippen molar-refractivity contribution in [1.29, 1.82) is 0 Å². The Bertz CT molecular complexity index is 713. The monoisotopic (exact) mass is 411 g/mol. The van der Waals surface area contributed by atoms with Crippen molar-refractivity contribution in [2.24, 2.45) is 0 Å². The number of likely N-dealkylation sites (tertiary alicyclic amines) is 1. The maximum Gasteiger partial charge on any atom is 0.240 e. The number of carbonyl (C=O) groups excluding carboxylic acids is 1. The Morgan fingerprint density at radius 2 is 1.82 bits per heavy atom. The smallest absolute Gasteiger partial charge is 0.240 e. The van der Waals surface area contributed by atoms with Gasteiger partial charge in [0.1, 0.15) is 12.3 Å². The third-order valence-electron chi connectivity index (χ3n) is 4.61. The predicted molar refractivity (Wildman–Crippen MR) is 112 cm³/mol. The lowest BCUT2D eigenvalue weighted by atomic mass is 10.1. The van der Waals surface area contributed by atoms with Gasteiger partial charge in [0.25, 0.3) is 0 Å². The Kier molecular flexibility index (Phi) is 8.57. The van der Waals surface area contributed by atoms with E-state index in [2.05, 4.69) is 10.2 Å². The maximum atomic E-state index is 12.3. The van der Waals surface area contributed by atoms with Gasteiger partial charge in [-0.05, 0) is 77.0 Å². The van der Waals surface area contributed by atoms with Gasteiger partial charge in [0.05, 0.1) is 18.0 Å². The van der Waals surface area contributed by atoms with Gasteiger partial charge in [0.15, 0.2) is 0 Å². The summed E-state index contributed by atoms with van der Waals surface area (Å²) in [5.41, 5.74) is 0.446. The Morgan fingerprint density at radius 1 is 1.18 bits per heavy atom. The van der Waals surface area contributed by atoms with Crippen LogP contribution in [0.5, 0.6) is 5.75 Å². The molecule has 0 atom stereocenters. The first-order valence-electron chi connectivity index (χ1n) is 9.99. The second kappa shape index (κ2) is 10.7. The molecular formula is C20H33N3O4S. The first-order chi connectivity index (χ1) is 13.3. The fourth-order valence-electron chi connectivity index (χ4n) is 3.26. The summed E-state index contributed by atoms with van der Waals surface area (Å²) in [6.07, 6.45) is 5.81. The summed E-state index contributed by atoms with van der Waals surface area (Å²) in [6, 6.07) is 6.73. The molecule has 0 unspecified atom stereocenters. The highest BCUT2D eigenvalue weighted by Gasteiger charge is 2.21. The topological polar surface area (TPSA) is 79.0 Å². The number of piperidine rings is 1. The Labute approximate surface area is 169 Å². The van der Waals surface area contributed by atoms with E-state index in [9.17, 15) is 13.2 Å². The fraction of sp³-hybridized carbons (Fsp3) is 0.650. The van der Waals surface area contributed by atoms with Gasteiger partial charge in [0.2, 0.25) is 15.9 Å². The second-order valence-electron chi connectivity index (χ2n) is 7.54. The van der Waals surface area contributed by atoms with Gasteiger partial charge in [0, 0.05) is 6.54 Å². The van der Waals surface area contributed by atoms with Crippen molar-refractivity contribution in [1.82, 2.24) is 10.2 Å². The number of hydrogen-bond acceptors (Lipinski definition) is 5. The predicted octanol–water partition coefficient (Wildman–Crippen LogP) is 2.23. The highest BCUT2D eigenvalue weighted by Crippen LogP contribution is 2.22. The lowest BCUT2D eigenvalue weighted by Crippen LogP contribution is -2.41. The van der Waals surface area contributed by atoms with Crippen LogP contribution in [0.1, 0.15) is 39.5 Å². The van der Waals surface area contributed by atoms with Gasteiger partial charge < -0.3 is 15.0 Å². The molecule has 1 amide bonds. The standard InChI is InChI=1S/C20H33N3O4S/c1-17(2)27-19-10-8-18(9-11-19)23(28(3,25)26)16-20(24)21-12-7-15-22-13-5-4-6-14-22/h8-11,17H,4-7,12-16H2,1-3H3,(H,21,24). The number of rotatable bonds is 10. The normalized spacial score (nSPS) is 15.4. The van der Waals surface area contributed by atoms with Crippen LogP contribution in [0.4, 0.5) is 5.69 Å².